The van der Waals surface area contributed by atoms with Gasteiger partial charge < -0.3 is 14.7 Å². The third-order valence-electron chi connectivity index (χ3n) is 7.38. The summed E-state index contributed by atoms with van der Waals surface area (Å²) in [5, 5.41) is 8.74. The van der Waals surface area contributed by atoms with E-state index in [2.05, 4.69) is 0 Å². The highest BCUT2D eigenvalue weighted by Crippen LogP contribution is 2.63. The molecule has 26 heavy (non-hydrogen) atoms. The summed E-state index contributed by atoms with van der Waals surface area (Å²) in [6.45, 7) is 1.05. The number of carboxylic acid groups (broad SMARTS) is 1. The Morgan fingerprint density at radius 1 is 0.923 bits per heavy atom. The van der Waals surface area contributed by atoms with E-state index in [0.717, 1.165) is 11.8 Å². The van der Waals surface area contributed by atoms with Crippen LogP contribution in [0.3, 0.4) is 0 Å². The summed E-state index contributed by atoms with van der Waals surface area (Å²) in [5.41, 5.74) is 0. The van der Waals surface area contributed by atoms with Crippen LogP contribution in [0.4, 0.5) is 0 Å². The maximum atomic E-state index is 12.2. The van der Waals surface area contributed by atoms with Crippen LogP contribution in [-0.4, -0.2) is 46.5 Å². The Morgan fingerprint density at radius 2 is 1.54 bits per heavy atom. The molecule has 2 spiro atoms. The summed E-state index contributed by atoms with van der Waals surface area (Å²) in [7, 11) is 0. The summed E-state index contributed by atoms with van der Waals surface area (Å²) in [4.78, 5) is 36.3. The lowest BCUT2D eigenvalue weighted by atomic mass is 9.53. The molecule has 1 N–H and O–H groups in total. The number of rotatable bonds is 3. The molecule has 0 aromatic heterocycles. The van der Waals surface area contributed by atoms with Gasteiger partial charge in [-0.1, -0.05) is 0 Å². The topological polar surface area (TPSA) is 85.3 Å². The van der Waals surface area contributed by atoms with E-state index in [1.165, 1.54) is 32.1 Å². The number of amides is 1. The highest BCUT2D eigenvalue weighted by Gasteiger charge is 2.66. The smallest absolute Gasteiger partial charge is 0.303 e. The van der Waals surface area contributed by atoms with Crippen molar-refractivity contribution in [3.05, 3.63) is 0 Å². The minimum Gasteiger partial charge on any atom is -0.481 e. The van der Waals surface area contributed by atoms with E-state index in [-0.39, 0.29) is 18.7 Å². The second-order valence-corrected chi connectivity index (χ2v) is 8.98. The Kier molecular flexibility index (Phi) is 3.85. The van der Waals surface area contributed by atoms with Crippen molar-refractivity contribution in [1.82, 2.24) is 4.90 Å². The van der Waals surface area contributed by atoms with Gasteiger partial charge in [0.2, 0.25) is 17.5 Å². The Labute approximate surface area is 152 Å². The van der Waals surface area contributed by atoms with Crippen molar-refractivity contribution in [2.75, 3.05) is 13.1 Å². The normalized spacial score (nSPS) is 42.7. The van der Waals surface area contributed by atoms with Gasteiger partial charge in [0.05, 0.1) is 6.42 Å². The van der Waals surface area contributed by atoms with E-state index in [4.69, 9.17) is 19.6 Å². The van der Waals surface area contributed by atoms with Crippen molar-refractivity contribution in [2.24, 2.45) is 23.7 Å². The standard InChI is InChI=1S/C19H27NO6/c21-16(1-2-17(22)23)20-5-3-18(4-6-20)24-19(26-25-18)14-8-12-7-13(10-14)11-15(19)9-12/h12-15H,1-11H2,(H,22,23). The second kappa shape index (κ2) is 5.91. The van der Waals surface area contributed by atoms with Gasteiger partial charge in [0.1, 0.15) is 0 Å². The van der Waals surface area contributed by atoms with E-state index in [1.807, 2.05) is 0 Å². The number of piperidine rings is 1. The summed E-state index contributed by atoms with van der Waals surface area (Å²) in [5.74, 6) is 0.196. The van der Waals surface area contributed by atoms with Crippen LogP contribution in [0.25, 0.3) is 0 Å². The van der Waals surface area contributed by atoms with Crippen LogP contribution in [0.5, 0.6) is 0 Å². The number of carboxylic acids is 1. The first-order valence-electron chi connectivity index (χ1n) is 10.0. The zero-order valence-corrected chi connectivity index (χ0v) is 15.0. The molecule has 7 nitrogen and oxygen atoms in total. The van der Waals surface area contributed by atoms with E-state index >= 15 is 0 Å². The first-order valence-corrected chi connectivity index (χ1v) is 10.0. The van der Waals surface area contributed by atoms with Crippen molar-refractivity contribution >= 4 is 11.9 Å². The van der Waals surface area contributed by atoms with Crippen molar-refractivity contribution in [3.63, 3.8) is 0 Å². The van der Waals surface area contributed by atoms with Gasteiger partial charge >= 0.3 is 5.97 Å². The average Bonchev–Trinajstić information content (AvgIpc) is 2.98. The Morgan fingerprint density at radius 3 is 2.12 bits per heavy atom. The molecule has 144 valence electrons. The zero-order chi connectivity index (χ0) is 17.9. The molecule has 0 atom stereocenters. The minimum atomic E-state index is -0.938. The van der Waals surface area contributed by atoms with Crippen molar-refractivity contribution in [2.45, 2.75) is 69.4 Å². The third-order valence-corrected chi connectivity index (χ3v) is 7.38. The molecule has 6 rings (SSSR count). The van der Waals surface area contributed by atoms with Crippen LogP contribution in [0.2, 0.25) is 0 Å². The van der Waals surface area contributed by atoms with Gasteiger partial charge in [0, 0.05) is 44.2 Å². The molecular weight excluding hydrogens is 338 g/mol. The molecule has 0 aromatic carbocycles. The van der Waals surface area contributed by atoms with Gasteiger partial charge in [-0.3, -0.25) is 9.59 Å². The van der Waals surface area contributed by atoms with Gasteiger partial charge in [-0.05, 0) is 43.9 Å². The van der Waals surface area contributed by atoms with Crippen LogP contribution < -0.4 is 0 Å². The lowest BCUT2D eigenvalue weighted by Crippen LogP contribution is -2.59. The zero-order valence-electron chi connectivity index (χ0n) is 15.0. The molecule has 2 heterocycles. The number of hydrogen-bond donors (Lipinski definition) is 1. The number of ether oxygens (including phenoxy) is 1. The maximum absolute atomic E-state index is 12.2. The van der Waals surface area contributed by atoms with Gasteiger partial charge in [-0.2, -0.15) is 9.78 Å². The van der Waals surface area contributed by atoms with Crippen LogP contribution in [0.15, 0.2) is 0 Å². The summed E-state index contributed by atoms with van der Waals surface area (Å²) >= 11 is 0. The van der Waals surface area contributed by atoms with Crippen molar-refractivity contribution < 1.29 is 29.2 Å². The van der Waals surface area contributed by atoms with Gasteiger partial charge in [-0.15, -0.1) is 0 Å². The monoisotopic (exact) mass is 365 g/mol. The molecule has 0 radical (unpaired) electrons. The fourth-order valence-electron chi connectivity index (χ4n) is 6.26. The van der Waals surface area contributed by atoms with Crippen LogP contribution in [0.1, 0.15) is 57.8 Å². The minimum absolute atomic E-state index is 0.0530. The molecule has 6 fully saturated rings. The summed E-state index contributed by atoms with van der Waals surface area (Å²) in [6.07, 6.45) is 7.22. The quantitative estimate of drug-likeness (QED) is 0.773. The van der Waals surface area contributed by atoms with E-state index in [9.17, 15) is 9.59 Å². The Bertz CT molecular complexity index is 583. The number of aliphatic carboxylic acids is 1. The SMILES string of the molecule is O=C(O)CCC(=O)N1CCC2(CC1)OOC1(O2)C2CC3CC(C2)CC1C3. The lowest BCUT2D eigenvalue weighted by molar-refractivity contribution is -0.390. The number of likely N-dealkylation sites (tertiary alicyclic amines) is 1. The molecule has 4 bridgehead atoms. The molecule has 6 aliphatic rings. The second-order valence-electron chi connectivity index (χ2n) is 8.98. The summed E-state index contributed by atoms with van der Waals surface area (Å²) in [6, 6.07) is 0. The molecule has 2 aliphatic heterocycles. The number of hydrogen-bond acceptors (Lipinski definition) is 5. The van der Waals surface area contributed by atoms with E-state index in [0.29, 0.717) is 37.8 Å². The largest absolute Gasteiger partial charge is 0.481 e. The highest BCUT2D eigenvalue weighted by atomic mass is 17.3. The van der Waals surface area contributed by atoms with Gasteiger partial charge in [0.25, 0.3) is 0 Å². The number of nitrogens with zero attached hydrogens (tertiary/aromatic N) is 1. The van der Waals surface area contributed by atoms with Crippen molar-refractivity contribution in [3.8, 4) is 0 Å². The highest BCUT2D eigenvalue weighted by molar-refractivity contribution is 5.80. The third kappa shape index (κ3) is 2.59. The van der Waals surface area contributed by atoms with Crippen LogP contribution >= 0.6 is 0 Å². The van der Waals surface area contributed by atoms with Gasteiger partial charge in [0.15, 0.2) is 0 Å². The average molecular weight is 365 g/mol. The van der Waals surface area contributed by atoms with Gasteiger partial charge in [-0.25, -0.2) is 0 Å². The molecule has 4 saturated carbocycles. The molecule has 4 aliphatic carbocycles. The Hall–Kier alpha value is -1.18. The fourth-order valence-corrected chi connectivity index (χ4v) is 6.26. The summed E-state index contributed by atoms with van der Waals surface area (Å²) < 4.78 is 6.60. The molecule has 0 unspecified atom stereocenters. The molecule has 2 saturated heterocycles. The molecular formula is C19H27NO6. The predicted octanol–water partition coefficient (Wildman–Crippen LogP) is 2.30. The van der Waals surface area contributed by atoms with E-state index < -0.39 is 17.5 Å². The number of carbonyl (C=O) groups is 2. The van der Waals surface area contributed by atoms with Crippen molar-refractivity contribution in [1.29, 1.82) is 0 Å². The first-order chi connectivity index (χ1) is 12.5. The predicted molar refractivity (Wildman–Crippen MR) is 88.4 cm³/mol. The fraction of sp³-hybridized carbons (Fsp3) is 0.895. The molecule has 1 amide bonds. The lowest BCUT2D eigenvalue weighted by Gasteiger charge is -2.57. The Balaban J connectivity index is 1.23. The maximum Gasteiger partial charge on any atom is 0.303 e. The van der Waals surface area contributed by atoms with Crippen LogP contribution in [-0.2, 0) is 24.1 Å². The van der Waals surface area contributed by atoms with Crippen LogP contribution in [0, 0.1) is 23.7 Å². The molecule has 7 heteroatoms. The number of carbonyl (C=O) groups excluding carboxylic acids is 1. The molecule has 0 aromatic rings. The first kappa shape index (κ1) is 17.0. The van der Waals surface area contributed by atoms with E-state index in [1.54, 1.807) is 4.90 Å².